The van der Waals surface area contributed by atoms with E-state index in [2.05, 4.69) is 81.0 Å². The number of benzene rings is 2. The van der Waals surface area contributed by atoms with Gasteiger partial charge in [0, 0.05) is 0 Å². The summed E-state index contributed by atoms with van der Waals surface area (Å²) in [6.45, 7) is 9.75. The summed E-state index contributed by atoms with van der Waals surface area (Å²) in [4.78, 5) is 23.2. The minimum atomic E-state index is 0. The zero-order valence-corrected chi connectivity index (χ0v) is 12.7. The second kappa shape index (κ2) is 19.7. The Hall–Kier alpha value is -1.60. The average Bonchev–Trinajstić information content (AvgIpc) is 2.55. The van der Waals surface area contributed by atoms with Gasteiger partial charge in [0.15, 0.2) is 0 Å². The fourth-order valence-electron chi connectivity index (χ4n) is 1.21. The maximum Gasteiger partial charge on any atom is 3.00 e. The molecular weight excluding hydrogens is 315 g/mol. The molecule has 2 aromatic rings. The molecule has 0 heterocycles. The molecule has 0 saturated carbocycles. The van der Waals surface area contributed by atoms with E-state index in [1.54, 1.807) is 0 Å². The van der Waals surface area contributed by atoms with E-state index in [0.29, 0.717) is 0 Å². The zero-order valence-electron chi connectivity index (χ0n) is 10.6. The van der Waals surface area contributed by atoms with Crippen molar-refractivity contribution in [2.24, 2.45) is 0 Å². The predicted molar refractivity (Wildman–Crippen MR) is 80.7 cm³/mol. The number of rotatable bonds is 2. The molecule has 0 aliphatic heterocycles. The van der Waals surface area contributed by atoms with Gasteiger partial charge in [-0.1, -0.05) is 69.2 Å². The molecule has 0 bridgehead atoms. The largest absolute Gasteiger partial charge is 3.00 e. The van der Waals surface area contributed by atoms with Crippen molar-refractivity contribution in [1.82, 2.24) is 0 Å². The van der Waals surface area contributed by atoms with Gasteiger partial charge >= 0.3 is 17.1 Å². The van der Waals surface area contributed by atoms with Crippen LogP contribution in [0.2, 0.25) is 0 Å². The van der Waals surface area contributed by atoms with Crippen LogP contribution in [0.5, 0.6) is 0 Å². The van der Waals surface area contributed by atoms with E-state index in [0.717, 1.165) is 8.58 Å². The molecular formula is C15H14FeO3P. The van der Waals surface area contributed by atoms with Crippen molar-refractivity contribution in [3.8, 4) is 0 Å². The Kier molecular flexibility index (Phi) is 23.2. The van der Waals surface area contributed by atoms with Crippen LogP contribution in [0.4, 0.5) is 0 Å². The first-order valence-electron chi connectivity index (χ1n) is 5.03. The summed E-state index contributed by atoms with van der Waals surface area (Å²) >= 11 is 0. The van der Waals surface area contributed by atoms with Crippen molar-refractivity contribution in [2.45, 2.75) is 0 Å². The van der Waals surface area contributed by atoms with Crippen molar-refractivity contribution in [2.75, 3.05) is 0 Å². The van der Waals surface area contributed by atoms with Gasteiger partial charge in [0.25, 0.3) is 0 Å². The monoisotopic (exact) mass is 329 g/mol. The average molecular weight is 329 g/mol. The molecule has 0 unspecified atom stereocenters. The second-order valence-electron chi connectivity index (χ2n) is 2.86. The summed E-state index contributed by atoms with van der Waals surface area (Å²) in [7, 11) is 0.777. The molecule has 0 saturated heterocycles. The number of hydrogen-bond donors (Lipinski definition) is 0. The van der Waals surface area contributed by atoms with Crippen molar-refractivity contribution >= 4 is 39.6 Å². The van der Waals surface area contributed by atoms with Crippen LogP contribution in [-0.2, 0) is 31.5 Å². The molecule has 2 rings (SSSR count). The molecule has 105 valence electrons. The van der Waals surface area contributed by atoms with Gasteiger partial charge < -0.3 is 14.4 Å². The standard InChI is InChI=1S/C12H11P.3CHO.Fe/c1-3-7-11(8-4-1)13-12-9-5-2-6-10-12;3*1-2;/h1-10,13H;3*1H;/q;3*-1;+3. The zero-order chi connectivity index (χ0) is 14.9. The Labute approximate surface area is 132 Å². The van der Waals surface area contributed by atoms with Crippen LogP contribution >= 0.6 is 8.58 Å². The molecule has 0 amide bonds. The van der Waals surface area contributed by atoms with Gasteiger partial charge in [-0.15, -0.1) is 0 Å². The summed E-state index contributed by atoms with van der Waals surface area (Å²) in [5.74, 6) is 0. The summed E-state index contributed by atoms with van der Waals surface area (Å²) in [5.41, 5.74) is 0. The number of hydrogen-bond acceptors (Lipinski definition) is 3. The molecule has 0 atom stereocenters. The van der Waals surface area contributed by atoms with Gasteiger partial charge in [-0.3, -0.25) is 20.4 Å². The second-order valence-corrected chi connectivity index (χ2v) is 4.26. The van der Waals surface area contributed by atoms with E-state index in [9.17, 15) is 0 Å². The van der Waals surface area contributed by atoms with E-state index >= 15 is 0 Å². The summed E-state index contributed by atoms with van der Waals surface area (Å²) in [6.07, 6.45) is 0. The maximum absolute atomic E-state index is 7.75. The van der Waals surface area contributed by atoms with Crippen LogP contribution < -0.4 is 10.6 Å². The van der Waals surface area contributed by atoms with E-state index in [1.807, 2.05) is 0 Å². The summed E-state index contributed by atoms with van der Waals surface area (Å²) in [5, 5.41) is 2.79. The topological polar surface area (TPSA) is 51.2 Å². The Morgan fingerprint density at radius 1 is 0.550 bits per heavy atom. The normalized spacial score (nSPS) is 7.00. The number of carbonyl (C=O) groups excluding carboxylic acids is 3. The molecule has 0 aromatic heterocycles. The van der Waals surface area contributed by atoms with Gasteiger partial charge in [0.2, 0.25) is 0 Å². The molecule has 20 heavy (non-hydrogen) atoms. The summed E-state index contributed by atoms with van der Waals surface area (Å²) < 4.78 is 0. The van der Waals surface area contributed by atoms with Gasteiger partial charge in [-0.05, 0) is 10.6 Å². The van der Waals surface area contributed by atoms with Crippen LogP contribution in [-0.4, -0.2) is 20.4 Å². The molecule has 0 spiro atoms. The van der Waals surface area contributed by atoms with Crippen molar-refractivity contribution in [3.05, 3.63) is 60.7 Å². The van der Waals surface area contributed by atoms with Gasteiger partial charge in [-0.25, -0.2) is 0 Å². The SMILES string of the molecule is [CH-]=O.[CH-]=O.[CH-]=O.[Fe+3].c1ccc(Pc2ccccc2)cc1. The predicted octanol–water partition coefficient (Wildman–Crippen LogP) is 1.49. The van der Waals surface area contributed by atoms with E-state index < -0.39 is 0 Å². The molecule has 2 aromatic carbocycles. The van der Waals surface area contributed by atoms with Crippen LogP contribution in [0.1, 0.15) is 0 Å². The van der Waals surface area contributed by atoms with Crippen LogP contribution in [0.3, 0.4) is 0 Å². The van der Waals surface area contributed by atoms with E-state index in [4.69, 9.17) is 14.4 Å². The van der Waals surface area contributed by atoms with Crippen molar-refractivity contribution in [3.63, 3.8) is 0 Å². The van der Waals surface area contributed by atoms with E-state index in [1.165, 1.54) is 10.6 Å². The third-order valence-electron chi connectivity index (χ3n) is 1.84. The summed E-state index contributed by atoms with van der Waals surface area (Å²) in [6, 6.07) is 21.2. The molecule has 0 N–H and O–H groups in total. The molecule has 0 aliphatic carbocycles. The molecule has 0 aliphatic rings. The minimum absolute atomic E-state index is 0. The van der Waals surface area contributed by atoms with Crippen LogP contribution in [0.25, 0.3) is 0 Å². The van der Waals surface area contributed by atoms with Gasteiger partial charge in [0.1, 0.15) is 0 Å². The molecule has 3 nitrogen and oxygen atoms in total. The smallest absolute Gasteiger partial charge is 0.545 e. The van der Waals surface area contributed by atoms with Crippen LogP contribution in [0, 0.1) is 0 Å². The third-order valence-corrected chi connectivity index (χ3v) is 3.08. The molecule has 0 fully saturated rings. The fraction of sp³-hybridized carbons (Fsp3) is 0. The first-order chi connectivity index (χ1) is 9.45. The quantitative estimate of drug-likeness (QED) is 0.363. The minimum Gasteiger partial charge on any atom is -0.545 e. The first-order valence-corrected chi connectivity index (χ1v) is 6.03. The maximum atomic E-state index is 7.75. The van der Waals surface area contributed by atoms with Crippen LogP contribution in [0.15, 0.2) is 60.7 Å². The Bertz CT molecular complexity index is 370. The Morgan fingerprint density at radius 3 is 1.05 bits per heavy atom. The molecule has 1 radical (unpaired) electrons. The van der Waals surface area contributed by atoms with E-state index in [-0.39, 0.29) is 17.1 Å². The Morgan fingerprint density at radius 2 is 0.800 bits per heavy atom. The molecule has 5 heteroatoms. The van der Waals surface area contributed by atoms with Crippen molar-refractivity contribution in [1.29, 1.82) is 0 Å². The Balaban J connectivity index is -0.000000368. The van der Waals surface area contributed by atoms with Crippen molar-refractivity contribution < 1.29 is 31.5 Å². The van der Waals surface area contributed by atoms with Gasteiger partial charge in [-0.2, -0.15) is 0 Å². The van der Waals surface area contributed by atoms with Gasteiger partial charge in [0.05, 0.1) is 0 Å². The fourth-order valence-corrected chi connectivity index (χ4v) is 2.26. The third kappa shape index (κ3) is 11.5. The first kappa shape index (κ1) is 23.5.